The average molecular weight is 325 g/mol. The van der Waals surface area contributed by atoms with Crippen molar-refractivity contribution in [1.82, 2.24) is 5.32 Å². The van der Waals surface area contributed by atoms with Crippen LogP contribution in [0.1, 0.15) is 12.5 Å². The number of thioether (sulfide) groups is 1. The summed E-state index contributed by atoms with van der Waals surface area (Å²) in [7, 11) is 2.44. The molecule has 22 heavy (non-hydrogen) atoms. The lowest BCUT2D eigenvalue weighted by Crippen LogP contribution is -2.50. The molecule has 1 N–H and O–H groups in total. The first-order valence-corrected chi connectivity index (χ1v) is 7.62. The van der Waals surface area contributed by atoms with Gasteiger partial charge >= 0.3 is 11.9 Å². The third kappa shape index (κ3) is 5.40. The molecule has 1 aromatic rings. The highest BCUT2D eigenvalue weighted by Crippen LogP contribution is 2.22. The summed E-state index contributed by atoms with van der Waals surface area (Å²) in [6.07, 6.45) is 0. The number of nitrogens with one attached hydrogen (secondary N) is 1. The molecule has 0 bridgehead atoms. The zero-order valence-corrected chi connectivity index (χ0v) is 13.5. The molecule has 0 saturated carbocycles. The molecular weight excluding hydrogens is 306 g/mol. The number of carbonyl (C=O) groups is 3. The highest BCUT2D eigenvalue weighted by Gasteiger charge is 2.36. The summed E-state index contributed by atoms with van der Waals surface area (Å²) in [5.41, 5.74) is 0.993. The lowest BCUT2D eigenvalue weighted by molar-refractivity contribution is -0.150. The van der Waals surface area contributed by atoms with E-state index in [1.165, 1.54) is 32.9 Å². The summed E-state index contributed by atoms with van der Waals surface area (Å²) < 4.78 is 9.41. The van der Waals surface area contributed by atoms with Crippen molar-refractivity contribution >= 4 is 29.6 Å². The van der Waals surface area contributed by atoms with E-state index in [1.807, 2.05) is 30.3 Å². The number of methoxy groups -OCH3 is 2. The minimum absolute atomic E-state index is 0.426. The molecule has 0 spiro atoms. The number of amides is 1. The van der Waals surface area contributed by atoms with Crippen LogP contribution < -0.4 is 5.32 Å². The van der Waals surface area contributed by atoms with Gasteiger partial charge in [-0.15, -0.1) is 11.8 Å². The number of esters is 2. The van der Waals surface area contributed by atoms with Crippen molar-refractivity contribution in [2.24, 2.45) is 0 Å². The Morgan fingerprint density at radius 2 is 1.68 bits per heavy atom. The van der Waals surface area contributed by atoms with Gasteiger partial charge in [0.1, 0.15) is 11.3 Å². The Morgan fingerprint density at radius 1 is 1.09 bits per heavy atom. The first kappa shape index (κ1) is 18.0. The maximum atomic E-state index is 12.0. The van der Waals surface area contributed by atoms with E-state index in [9.17, 15) is 14.4 Å². The highest BCUT2D eigenvalue weighted by molar-refractivity contribution is 7.99. The number of rotatable bonds is 7. The lowest BCUT2D eigenvalue weighted by atomic mass is 10.2. The zero-order chi connectivity index (χ0) is 16.5. The van der Waals surface area contributed by atoms with Gasteiger partial charge in [0.15, 0.2) is 0 Å². The molecule has 0 heterocycles. The molecule has 0 fully saturated rings. The molecule has 120 valence electrons. The van der Waals surface area contributed by atoms with Crippen LogP contribution in [-0.4, -0.2) is 43.4 Å². The van der Waals surface area contributed by atoms with Gasteiger partial charge in [-0.2, -0.15) is 0 Å². The van der Waals surface area contributed by atoms with E-state index in [-0.39, 0.29) is 0 Å². The van der Waals surface area contributed by atoms with Crippen molar-refractivity contribution < 1.29 is 23.9 Å². The quantitative estimate of drug-likeness (QED) is 0.757. The minimum atomic E-state index is -1.09. The molecule has 1 aromatic carbocycles. The van der Waals surface area contributed by atoms with Crippen LogP contribution in [0.2, 0.25) is 0 Å². The van der Waals surface area contributed by atoms with Crippen molar-refractivity contribution in [2.75, 3.05) is 14.2 Å². The molecule has 0 aliphatic heterocycles. The highest BCUT2D eigenvalue weighted by atomic mass is 32.2. The Hall–Kier alpha value is -2.02. The molecule has 0 unspecified atom stereocenters. The van der Waals surface area contributed by atoms with Crippen molar-refractivity contribution in [3.05, 3.63) is 35.9 Å². The van der Waals surface area contributed by atoms with E-state index in [0.717, 1.165) is 5.56 Å². The largest absolute Gasteiger partial charge is 0.468 e. The fraction of sp³-hybridized carbons (Fsp3) is 0.400. The standard InChI is InChI=1S/C15H19NO5S/c1-10(17)16-12(14(18)20-2)13(15(19)21-3)22-9-11-7-5-4-6-8-11/h4-8,12-13H,9H2,1-3H3,(H,16,17)/t12-,13-/m1/s1. The summed E-state index contributed by atoms with van der Waals surface area (Å²) >= 11 is 1.21. The predicted octanol–water partition coefficient (Wildman–Crippen LogP) is 1.14. The van der Waals surface area contributed by atoms with E-state index in [1.54, 1.807) is 0 Å². The summed E-state index contributed by atoms with van der Waals surface area (Å²) in [6, 6.07) is 8.38. The number of benzene rings is 1. The fourth-order valence-corrected chi connectivity index (χ4v) is 2.95. The van der Waals surface area contributed by atoms with Crippen molar-refractivity contribution in [2.45, 2.75) is 24.0 Å². The van der Waals surface area contributed by atoms with Crippen LogP contribution in [0, 0.1) is 0 Å². The summed E-state index contributed by atoms with van der Waals surface area (Å²) in [6.45, 7) is 1.27. The van der Waals surface area contributed by atoms with Crippen molar-refractivity contribution in [3.63, 3.8) is 0 Å². The molecule has 0 aliphatic carbocycles. The van der Waals surface area contributed by atoms with E-state index in [4.69, 9.17) is 4.74 Å². The average Bonchev–Trinajstić information content (AvgIpc) is 2.53. The van der Waals surface area contributed by atoms with Gasteiger partial charge in [-0.05, 0) is 5.56 Å². The van der Waals surface area contributed by atoms with E-state index < -0.39 is 29.1 Å². The molecule has 1 rings (SSSR count). The Kier molecular flexibility index (Phi) is 7.45. The van der Waals surface area contributed by atoms with Crippen molar-refractivity contribution in [1.29, 1.82) is 0 Å². The molecule has 7 heteroatoms. The van der Waals surface area contributed by atoms with Crippen LogP contribution in [0.3, 0.4) is 0 Å². The SMILES string of the molecule is COC(=O)[C@H](NC(C)=O)[C@@H](SCc1ccccc1)C(=O)OC. The topological polar surface area (TPSA) is 81.7 Å². The second-order valence-corrected chi connectivity index (χ2v) is 5.57. The first-order valence-electron chi connectivity index (χ1n) is 6.58. The lowest BCUT2D eigenvalue weighted by Gasteiger charge is -2.23. The molecule has 2 atom stereocenters. The van der Waals surface area contributed by atoms with Crippen molar-refractivity contribution in [3.8, 4) is 0 Å². The van der Waals surface area contributed by atoms with Gasteiger partial charge < -0.3 is 14.8 Å². The Morgan fingerprint density at radius 3 is 2.18 bits per heavy atom. The van der Waals surface area contributed by atoms with Crippen LogP contribution in [-0.2, 0) is 29.6 Å². The number of carbonyl (C=O) groups excluding carboxylic acids is 3. The Balaban J connectivity index is 2.90. The molecular formula is C15H19NO5S. The van der Waals surface area contributed by atoms with Crippen LogP contribution in [0.4, 0.5) is 0 Å². The number of hydrogen-bond acceptors (Lipinski definition) is 6. The van der Waals surface area contributed by atoms with E-state index in [0.29, 0.717) is 5.75 Å². The molecule has 0 radical (unpaired) electrons. The van der Waals surface area contributed by atoms with Gasteiger partial charge in [-0.3, -0.25) is 9.59 Å². The van der Waals surface area contributed by atoms with Gasteiger partial charge in [0.2, 0.25) is 5.91 Å². The second kappa shape index (κ2) is 9.09. The van der Waals surface area contributed by atoms with Crippen LogP contribution >= 0.6 is 11.8 Å². The van der Waals surface area contributed by atoms with Gasteiger partial charge in [0.25, 0.3) is 0 Å². The molecule has 0 saturated heterocycles. The van der Waals surface area contributed by atoms with Crippen LogP contribution in [0.5, 0.6) is 0 Å². The minimum Gasteiger partial charge on any atom is -0.468 e. The van der Waals surface area contributed by atoms with Crippen LogP contribution in [0.15, 0.2) is 30.3 Å². The van der Waals surface area contributed by atoms with Gasteiger partial charge in [0, 0.05) is 12.7 Å². The summed E-state index contributed by atoms with van der Waals surface area (Å²) in [4.78, 5) is 35.1. The monoisotopic (exact) mass is 325 g/mol. The van der Waals surface area contributed by atoms with E-state index >= 15 is 0 Å². The molecule has 1 amide bonds. The molecule has 0 aromatic heterocycles. The Bertz CT molecular complexity index is 520. The van der Waals surface area contributed by atoms with E-state index in [2.05, 4.69) is 10.1 Å². The third-order valence-corrected chi connectivity index (χ3v) is 4.15. The zero-order valence-electron chi connectivity index (χ0n) is 12.7. The second-order valence-electron chi connectivity index (χ2n) is 4.44. The Labute approximate surface area is 133 Å². The third-order valence-electron chi connectivity index (χ3n) is 2.82. The van der Waals surface area contributed by atoms with Gasteiger partial charge in [-0.1, -0.05) is 30.3 Å². The van der Waals surface area contributed by atoms with Crippen LogP contribution in [0.25, 0.3) is 0 Å². The number of ether oxygens (including phenoxy) is 2. The smallest absolute Gasteiger partial charge is 0.330 e. The maximum absolute atomic E-state index is 12.0. The molecule has 6 nitrogen and oxygen atoms in total. The summed E-state index contributed by atoms with van der Waals surface area (Å²) in [5.74, 6) is -1.21. The maximum Gasteiger partial charge on any atom is 0.330 e. The molecule has 0 aliphatic rings. The van der Waals surface area contributed by atoms with Gasteiger partial charge in [-0.25, -0.2) is 4.79 Å². The normalized spacial score (nSPS) is 12.9. The number of hydrogen-bond donors (Lipinski definition) is 1. The first-order chi connectivity index (χ1) is 10.5. The van der Waals surface area contributed by atoms with Gasteiger partial charge in [0.05, 0.1) is 14.2 Å². The fourth-order valence-electron chi connectivity index (χ4n) is 1.78. The summed E-state index contributed by atoms with van der Waals surface area (Å²) in [5, 5.41) is 1.56. The predicted molar refractivity (Wildman–Crippen MR) is 83.2 cm³/mol.